The standard InChI is InChI=1S/C14H20N4OS/c1-3-8(4-2)18-14-10(7-15)11(16)12(20-14)13(19)17-9-5-6-9/h8-9,18H,3-6,16H2,1-2H3,(H,17,19). The lowest BCUT2D eigenvalue weighted by molar-refractivity contribution is 0.0956. The highest BCUT2D eigenvalue weighted by Crippen LogP contribution is 2.36. The smallest absolute Gasteiger partial charge is 0.263 e. The van der Waals surface area contributed by atoms with Crippen LogP contribution in [0, 0.1) is 11.3 Å². The Morgan fingerprint density at radius 3 is 2.65 bits per heavy atom. The molecule has 0 radical (unpaired) electrons. The van der Waals surface area contributed by atoms with Crippen LogP contribution in [0.1, 0.15) is 54.8 Å². The summed E-state index contributed by atoms with van der Waals surface area (Å²) in [6, 6.07) is 2.68. The minimum atomic E-state index is -0.163. The molecule has 1 heterocycles. The predicted molar refractivity (Wildman–Crippen MR) is 81.9 cm³/mol. The van der Waals surface area contributed by atoms with Crippen LogP contribution in [0.15, 0.2) is 0 Å². The highest BCUT2D eigenvalue weighted by Gasteiger charge is 2.27. The topological polar surface area (TPSA) is 90.9 Å². The second-order valence-electron chi connectivity index (χ2n) is 5.07. The van der Waals surface area contributed by atoms with Gasteiger partial charge >= 0.3 is 0 Å². The van der Waals surface area contributed by atoms with Crippen molar-refractivity contribution in [3.05, 3.63) is 10.4 Å². The lowest BCUT2D eigenvalue weighted by atomic mass is 10.1. The van der Waals surface area contributed by atoms with Crippen LogP contribution in [0.2, 0.25) is 0 Å². The number of nitrogens with one attached hydrogen (secondary N) is 2. The molecule has 1 fully saturated rings. The zero-order valence-corrected chi connectivity index (χ0v) is 12.6. The highest BCUT2D eigenvalue weighted by molar-refractivity contribution is 7.19. The van der Waals surface area contributed by atoms with E-state index in [1.807, 2.05) is 0 Å². The van der Waals surface area contributed by atoms with Crippen molar-refractivity contribution in [3.63, 3.8) is 0 Å². The minimum Gasteiger partial charge on any atom is -0.396 e. The first-order valence-electron chi connectivity index (χ1n) is 7.00. The lowest BCUT2D eigenvalue weighted by Gasteiger charge is -2.14. The fraction of sp³-hybridized carbons (Fsp3) is 0.571. The molecule has 2 rings (SSSR count). The van der Waals surface area contributed by atoms with Gasteiger partial charge in [-0.1, -0.05) is 13.8 Å². The van der Waals surface area contributed by atoms with Gasteiger partial charge < -0.3 is 16.4 Å². The summed E-state index contributed by atoms with van der Waals surface area (Å²) in [7, 11) is 0. The van der Waals surface area contributed by atoms with Crippen molar-refractivity contribution in [2.24, 2.45) is 0 Å². The molecule has 108 valence electrons. The van der Waals surface area contributed by atoms with Crippen molar-refractivity contribution in [2.75, 3.05) is 11.1 Å². The molecule has 1 aliphatic rings. The number of anilines is 2. The van der Waals surface area contributed by atoms with Crippen LogP contribution in [0.5, 0.6) is 0 Å². The number of nitrogens with two attached hydrogens (primary N) is 1. The monoisotopic (exact) mass is 292 g/mol. The largest absolute Gasteiger partial charge is 0.396 e. The molecule has 6 heteroatoms. The van der Waals surface area contributed by atoms with Gasteiger partial charge in [0.05, 0.1) is 5.69 Å². The van der Waals surface area contributed by atoms with E-state index >= 15 is 0 Å². The summed E-state index contributed by atoms with van der Waals surface area (Å²) >= 11 is 1.28. The van der Waals surface area contributed by atoms with Crippen LogP contribution in [0.3, 0.4) is 0 Å². The second kappa shape index (κ2) is 6.14. The first-order chi connectivity index (χ1) is 9.60. The summed E-state index contributed by atoms with van der Waals surface area (Å²) in [4.78, 5) is 12.6. The van der Waals surface area contributed by atoms with Gasteiger partial charge in [0.25, 0.3) is 5.91 Å². The Bertz CT molecular complexity index is 538. The number of hydrogen-bond acceptors (Lipinski definition) is 5. The van der Waals surface area contributed by atoms with Crippen molar-refractivity contribution in [3.8, 4) is 6.07 Å². The Labute approximate surface area is 123 Å². The molecule has 1 aromatic rings. The molecule has 0 spiro atoms. The summed E-state index contributed by atoms with van der Waals surface area (Å²) < 4.78 is 0. The average Bonchev–Trinajstić information content (AvgIpc) is 3.19. The van der Waals surface area contributed by atoms with Gasteiger partial charge in [-0.2, -0.15) is 5.26 Å². The van der Waals surface area contributed by atoms with E-state index in [1.165, 1.54) is 11.3 Å². The maximum atomic E-state index is 12.1. The quantitative estimate of drug-likeness (QED) is 0.751. The Balaban J connectivity index is 2.23. The van der Waals surface area contributed by atoms with Gasteiger partial charge in [-0.3, -0.25) is 4.79 Å². The van der Waals surface area contributed by atoms with Crippen molar-refractivity contribution < 1.29 is 4.79 Å². The first kappa shape index (κ1) is 14.7. The Morgan fingerprint density at radius 1 is 1.50 bits per heavy atom. The zero-order valence-electron chi connectivity index (χ0n) is 11.8. The number of nitrogen functional groups attached to an aromatic ring is 1. The molecule has 1 aliphatic carbocycles. The minimum absolute atomic E-state index is 0.163. The number of carbonyl (C=O) groups excluding carboxylic acids is 1. The van der Waals surface area contributed by atoms with Gasteiger partial charge in [0.1, 0.15) is 21.5 Å². The third kappa shape index (κ3) is 3.05. The number of amides is 1. The molecule has 0 aliphatic heterocycles. The molecule has 20 heavy (non-hydrogen) atoms. The van der Waals surface area contributed by atoms with Gasteiger partial charge in [0.15, 0.2) is 0 Å². The molecular weight excluding hydrogens is 272 g/mol. The van der Waals surface area contributed by atoms with E-state index < -0.39 is 0 Å². The highest BCUT2D eigenvalue weighted by atomic mass is 32.1. The number of nitrogens with zero attached hydrogens (tertiary/aromatic N) is 1. The maximum Gasteiger partial charge on any atom is 0.263 e. The molecule has 0 unspecified atom stereocenters. The summed E-state index contributed by atoms with van der Waals surface area (Å²) in [6.07, 6.45) is 3.98. The number of nitriles is 1. The van der Waals surface area contributed by atoms with Gasteiger partial charge in [-0.15, -0.1) is 11.3 Å². The summed E-state index contributed by atoms with van der Waals surface area (Å²) in [5.74, 6) is -0.163. The van der Waals surface area contributed by atoms with E-state index in [1.54, 1.807) is 0 Å². The van der Waals surface area contributed by atoms with Crippen molar-refractivity contribution in [1.29, 1.82) is 5.26 Å². The molecule has 1 saturated carbocycles. The Hall–Kier alpha value is -1.74. The summed E-state index contributed by atoms with van der Waals surface area (Å²) in [5, 5.41) is 16.2. The van der Waals surface area contributed by atoms with Gasteiger partial charge in [0, 0.05) is 12.1 Å². The third-order valence-electron chi connectivity index (χ3n) is 3.50. The molecule has 0 bridgehead atoms. The average molecular weight is 292 g/mol. The molecule has 0 aromatic carbocycles. The molecule has 1 amide bonds. The van der Waals surface area contributed by atoms with E-state index in [0.29, 0.717) is 27.2 Å². The normalized spacial score (nSPS) is 14.1. The Morgan fingerprint density at radius 2 is 2.15 bits per heavy atom. The van der Waals surface area contributed by atoms with Gasteiger partial charge in [0.2, 0.25) is 0 Å². The number of rotatable bonds is 6. The third-order valence-corrected chi connectivity index (χ3v) is 4.63. The van der Waals surface area contributed by atoms with Crippen LogP contribution in [-0.2, 0) is 0 Å². The van der Waals surface area contributed by atoms with Crippen molar-refractivity contribution in [1.82, 2.24) is 5.32 Å². The maximum absolute atomic E-state index is 12.1. The fourth-order valence-corrected chi connectivity index (χ4v) is 3.03. The summed E-state index contributed by atoms with van der Waals surface area (Å²) in [6.45, 7) is 4.18. The molecular formula is C14H20N4OS. The van der Waals surface area contributed by atoms with Crippen LogP contribution in [-0.4, -0.2) is 18.0 Å². The van der Waals surface area contributed by atoms with Crippen LogP contribution < -0.4 is 16.4 Å². The van der Waals surface area contributed by atoms with E-state index in [0.717, 1.165) is 25.7 Å². The predicted octanol–water partition coefficient (Wildman–Crippen LogP) is 2.69. The zero-order chi connectivity index (χ0) is 14.7. The molecule has 4 N–H and O–H groups in total. The number of hydrogen-bond donors (Lipinski definition) is 3. The molecule has 5 nitrogen and oxygen atoms in total. The molecule has 1 aromatic heterocycles. The van der Waals surface area contributed by atoms with Gasteiger partial charge in [-0.05, 0) is 25.7 Å². The number of thiophene rings is 1. The second-order valence-corrected chi connectivity index (χ2v) is 6.09. The molecule has 0 saturated heterocycles. The first-order valence-corrected chi connectivity index (χ1v) is 7.82. The fourth-order valence-electron chi connectivity index (χ4n) is 1.98. The van der Waals surface area contributed by atoms with Crippen molar-refractivity contribution >= 4 is 27.9 Å². The van der Waals surface area contributed by atoms with Gasteiger partial charge in [-0.25, -0.2) is 0 Å². The lowest BCUT2D eigenvalue weighted by Crippen LogP contribution is -2.25. The van der Waals surface area contributed by atoms with E-state index in [9.17, 15) is 10.1 Å². The van der Waals surface area contributed by atoms with E-state index in [-0.39, 0.29) is 11.9 Å². The van der Waals surface area contributed by atoms with Crippen molar-refractivity contribution in [2.45, 2.75) is 51.6 Å². The van der Waals surface area contributed by atoms with Crippen LogP contribution in [0.25, 0.3) is 0 Å². The van der Waals surface area contributed by atoms with Crippen LogP contribution >= 0.6 is 11.3 Å². The summed E-state index contributed by atoms with van der Waals surface area (Å²) in [5.41, 5.74) is 6.64. The number of carbonyl (C=O) groups is 1. The van der Waals surface area contributed by atoms with Crippen LogP contribution in [0.4, 0.5) is 10.7 Å². The van der Waals surface area contributed by atoms with E-state index in [2.05, 4.69) is 30.6 Å². The SMILES string of the molecule is CCC(CC)Nc1sc(C(=O)NC2CC2)c(N)c1C#N. The molecule has 0 atom stereocenters. The Kier molecular flexibility index (Phi) is 4.50. The van der Waals surface area contributed by atoms with E-state index in [4.69, 9.17) is 5.73 Å².